The average molecular weight is 677 g/mol. The number of benzene rings is 2. The summed E-state index contributed by atoms with van der Waals surface area (Å²) in [5.74, 6) is 0.190. The number of likely N-dealkylation sites (N-methyl/N-ethyl adjacent to an activating group) is 1. The van der Waals surface area contributed by atoms with Crippen LogP contribution in [-0.4, -0.2) is 78.3 Å². The zero-order chi connectivity index (χ0) is 33.2. The molecule has 0 aromatic heterocycles. The molecule has 4 atom stereocenters. The van der Waals surface area contributed by atoms with Gasteiger partial charge in [-0.25, -0.2) is 0 Å². The van der Waals surface area contributed by atoms with E-state index in [0.717, 1.165) is 50.5 Å². The summed E-state index contributed by atoms with van der Waals surface area (Å²) in [7, 11) is 2.04. The number of nitrogens with zero attached hydrogens (tertiary/aromatic N) is 2. The number of carbonyl (C=O) groups excluding carboxylic acids is 2. The van der Waals surface area contributed by atoms with Crippen LogP contribution >= 0.6 is 23.2 Å². The zero-order valence-corrected chi connectivity index (χ0v) is 29.3. The maximum Gasteiger partial charge on any atom is 0.258 e. The molecule has 2 aromatic carbocycles. The molecule has 0 bridgehead atoms. The van der Waals surface area contributed by atoms with Crippen molar-refractivity contribution in [2.75, 3.05) is 38.7 Å². The molecule has 2 aliphatic rings. The Kier molecular flexibility index (Phi) is 14.0. The number of aliphatic hydroxyl groups is 1. The SMILES string of the molecule is C[C@@H]1CCCCO[C@@H](CN(C)Cc2ccc(Cl)c(Cl)c2)[C@H](C)CN([C@H](C)CO)C(=O)c2cc(NC(=O)C3CCCCC3)ccc2O1. The van der Waals surface area contributed by atoms with E-state index in [1.165, 1.54) is 6.42 Å². The summed E-state index contributed by atoms with van der Waals surface area (Å²) < 4.78 is 12.8. The third-order valence-corrected chi connectivity index (χ3v) is 9.96. The van der Waals surface area contributed by atoms with Crippen LogP contribution in [0.2, 0.25) is 10.0 Å². The third-order valence-electron chi connectivity index (χ3n) is 9.22. The molecular formula is C36H51Cl2N3O5. The van der Waals surface area contributed by atoms with E-state index in [0.29, 0.717) is 53.3 Å². The predicted octanol–water partition coefficient (Wildman–Crippen LogP) is 7.44. The van der Waals surface area contributed by atoms with Crippen molar-refractivity contribution in [3.8, 4) is 5.75 Å². The molecule has 0 radical (unpaired) electrons. The predicted molar refractivity (Wildman–Crippen MR) is 185 cm³/mol. The van der Waals surface area contributed by atoms with Gasteiger partial charge >= 0.3 is 0 Å². The van der Waals surface area contributed by atoms with Crippen LogP contribution in [-0.2, 0) is 16.1 Å². The molecule has 1 saturated carbocycles. The van der Waals surface area contributed by atoms with E-state index in [9.17, 15) is 14.7 Å². The topological polar surface area (TPSA) is 91.3 Å². The van der Waals surface area contributed by atoms with Gasteiger partial charge in [0.2, 0.25) is 5.91 Å². The van der Waals surface area contributed by atoms with Gasteiger partial charge in [0.25, 0.3) is 5.91 Å². The van der Waals surface area contributed by atoms with Gasteiger partial charge in [0.15, 0.2) is 0 Å². The molecular weight excluding hydrogens is 625 g/mol. The van der Waals surface area contributed by atoms with Crippen LogP contribution in [0.25, 0.3) is 0 Å². The van der Waals surface area contributed by atoms with Gasteiger partial charge < -0.3 is 24.8 Å². The molecule has 2 amide bonds. The van der Waals surface area contributed by atoms with Crippen molar-refractivity contribution in [1.82, 2.24) is 9.80 Å². The van der Waals surface area contributed by atoms with Crippen LogP contribution in [0, 0.1) is 11.8 Å². The molecule has 1 fully saturated rings. The first-order chi connectivity index (χ1) is 22.0. The molecule has 8 nitrogen and oxygen atoms in total. The van der Waals surface area contributed by atoms with E-state index in [1.807, 2.05) is 45.2 Å². The van der Waals surface area contributed by atoms with Crippen LogP contribution < -0.4 is 10.1 Å². The number of carbonyl (C=O) groups is 2. The summed E-state index contributed by atoms with van der Waals surface area (Å²) in [6.45, 7) is 8.04. The molecule has 0 spiro atoms. The van der Waals surface area contributed by atoms with E-state index < -0.39 is 6.04 Å². The summed E-state index contributed by atoms with van der Waals surface area (Å²) in [6, 6.07) is 10.6. The van der Waals surface area contributed by atoms with Crippen molar-refractivity contribution in [2.24, 2.45) is 11.8 Å². The largest absolute Gasteiger partial charge is 0.490 e. The number of nitrogens with one attached hydrogen (secondary N) is 1. The lowest BCUT2D eigenvalue weighted by Gasteiger charge is -2.36. The highest BCUT2D eigenvalue weighted by molar-refractivity contribution is 6.42. The van der Waals surface area contributed by atoms with Gasteiger partial charge in [0.1, 0.15) is 5.75 Å². The number of aliphatic hydroxyl groups excluding tert-OH is 1. The van der Waals surface area contributed by atoms with Gasteiger partial charge in [0.05, 0.1) is 40.5 Å². The number of hydrogen-bond acceptors (Lipinski definition) is 6. The summed E-state index contributed by atoms with van der Waals surface area (Å²) >= 11 is 12.4. The number of anilines is 1. The molecule has 4 rings (SSSR count). The Labute approximate surface area is 284 Å². The lowest BCUT2D eigenvalue weighted by molar-refractivity contribution is -0.120. The van der Waals surface area contributed by atoms with Crippen molar-refractivity contribution in [3.05, 3.63) is 57.6 Å². The number of rotatable bonds is 8. The maximum absolute atomic E-state index is 14.4. The van der Waals surface area contributed by atoms with Gasteiger partial charge in [-0.05, 0) is 88.9 Å². The van der Waals surface area contributed by atoms with E-state index in [4.69, 9.17) is 32.7 Å². The second kappa shape index (κ2) is 17.7. The summed E-state index contributed by atoms with van der Waals surface area (Å²) in [6.07, 6.45) is 7.43. The Morgan fingerprint density at radius 1 is 1.04 bits per heavy atom. The highest BCUT2D eigenvalue weighted by atomic mass is 35.5. The summed E-state index contributed by atoms with van der Waals surface area (Å²) in [4.78, 5) is 31.4. The molecule has 1 aliphatic carbocycles. The Balaban J connectivity index is 1.58. The highest BCUT2D eigenvalue weighted by Gasteiger charge is 2.31. The Morgan fingerprint density at radius 2 is 1.78 bits per heavy atom. The second-order valence-corrected chi connectivity index (χ2v) is 14.1. The molecule has 2 N–H and O–H groups in total. The fourth-order valence-electron chi connectivity index (χ4n) is 6.39. The number of amides is 2. The van der Waals surface area contributed by atoms with Gasteiger partial charge in [-0.2, -0.15) is 0 Å². The number of halogens is 2. The standard InChI is InChI=1S/C36H51Cl2N3O5/c1-24-20-41(25(2)23-42)36(44)30-19-29(39-35(43)28-11-6-5-7-12-28)14-16-33(30)46-26(3)10-8-9-17-45-34(24)22-40(4)21-27-13-15-31(37)32(38)18-27/h13-16,18-19,24-26,28,34,42H,5-12,17,20-23H2,1-4H3,(H,39,43)/t24-,25-,26-,34+/m1/s1. The molecule has 1 aliphatic heterocycles. The molecule has 0 unspecified atom stereocenters. The van der Waals surface area contributed by atoms with Crippen LogP contribution in [0.15, 0.2) is 36.4 Å². The number of hydrogen-bond donors (Lipinski definition) is 2. The third kappa shape index (κ3) is 10.3. The van der Waals surface area contributed by atoms with Gasteiger partial charge in [-0.3, -0.25) is 14.5 Å². The molecule has 2 aromatic rings. The van der Waals surface area contributed by atoms with Crippen molar-refractivity contribution in [2.45, 2.75) is 96.9 Å². The van der Waals surface area contributed by atoms with Crippen LogP contribution in [0.4, 0.5) is 5.69 Å². The van der Waals surface area contributed by atoms with Crippen molar-refractivity contribution in [1.29, 1.82) is 0 Å². The lowest BCUT2D eigenvalue weighted by Crippen LogP contribution is -2.47. The highest BCUT2D eigenvalue weighted by Crippen LogP contribution is 2.30. The minimum atomic E-state index is -0.441. The van der Waals surface area contributed by atoms with Gasteiger partial charge in [-0.1, -0.05) is 55.5 Å². The Bertz CT molecular complexity index is 1300. The van der Waals surface area contributed by atoms with Crippen molar-refractivity contribution >= 4 is 40.7 Å². The normalized spacial score (nSPS) is 22.9. The molecule has 0 saturated heterocycles. The summed E-state index contributed by atoms with van der Waals surface area (Å²) in [5, 5.41) is 14.4. The van der Waals surface area contributed by atoms with Gasteiger partial charge in [-0.15, -0.1) is 0 Å². The number of fused-ring (bicyclic) bond motifs is 1. The van der Waals surface area contributed by atoms with E-state index >= 15 is 0 Å². The minimum Gasteiger partial charge on any atom is -0.490 e. The molecule has 254 valence electrons. The fraction of sp³-hybridized carbons (Fsp3) is 0.611. The first-order valence-electron chi connectivity index (χ1n) is 16.8. The van der Waals surface area contributed by atoms with Crippen LogP contribution in [0.5, 0.6) is 5.75 Å². The van der Waals surface area contributed by atoms with Crippen LogP contribution in [0.3, 0.4) is 0 Å². The smallest absolute Gasteiger partial charge is 0.258 e. The molecule has 46 heavy (non-hydrogen) atoms. The average Bonchev–Trinajstić information content (AvgIpc) is 3.04. The Hall–Kier alpha value is -2.36. The quantitative estimate of drug-likeness (QED) is 0.302. The minimum absolute atomic E-state index is 0.00136. The maximum atomic E-state index is 14.4. The first-order valence-corrected chi connectivity index (χ1v) is 17.6. The second-order valence-electron chi connectivity index (χ2n) is 13.3. The van der Waals surface area contributed by atoms with E-state index in [-0.39, 0.29) is 42.5 Å². The van der Waals surface area contributed by atoms with E-state index in [1.54, 1.807) is 17.0 Å². The fourth-order valence-corrected chi connectivity index (χ4v) is 6.71. The monoisotopic (exact) mass is 675 g/mol. The van der Waals surface area contributed by atoms with Crippen molar-refractivity contribution in [3.63, 3.8) is 0 Å². The Morgan fingerprint density at radius 3 is 2.50 bits per heavy atom. The zero-order valence-electron chi connectivity index (χ0n) is 27.8. The van der Waals surface area contributed by atoms with Gasteiger partial charge in [0, 0.05) is 43.8 Å². The summed E-state index contributed by atoms with van der Waals surface area (Å²) in [5.41, 5.74) is 2.01. The van der Waals surface area contributed by atoms with Crippen molar-refractivity contribution < 1.29 is 24.2 Å². The number of ether oxygens (including phenoxy) is 2. The van der Waals surface area contributed by atoms with Crippen LogP contribution in [0.1, 0.15) is 88.1 Å². The molecule has 10 heteroatoms. The van der Waals surface area contributed by atoms with E-state index in [2.05, 4.69) is 17.1 Å². The first kappa shape index (κ1) is 36.5. The lowest BCUT2D eigenvalue weighted by atomic mass is 9.88. The molecule has 1 heterocycles.